The van der Waals surface area contributed by atoms with E-state index in [-0.39, 0.29) is 30.4 Å². The number of aryl methyl sites for hydroxylation is 1. The normalized spacial score (nSPS) is 12.0. The molecule has 0 aliphatic carbocycles. The maximum atomic E-state index is 11.8. The first-order valence-electron chi connectivity index (χ1n) is 7.20. The van der Waals surface area contributed by atoms with Crippen molar-refractivity contribution in [1.29, 1.82) is 0 Å². The number of ether oxygens (including phenoxy) is 1. The topological polar surface area (TPSA) is 81.4 Å². The number of rotatable bonds is 7. The molecule has 0 aromatic heterocycles. The Morgan fingerprint density at radius 1 is 1.24 bits per heavy atom. The molecule has 0 spiro atoms. The molecule has 1 aromatic rings. The van der Waals surface area contributed by atoms with Crippen LogP contribution in [-0.2, 0) is 20.7 Å². The Labute approximate surface area is 125 Å². The molecule has 1 rings (SSSR count). The molecular weight excluding hydrogens is 268 g/mol. The molecule has 0 aliphatic rings. The van der Waals surface area contributed by atoms with Crippen LogP contribution in [0.25, 0.3) is 0 Å². The first kappa shape index (κ1) is 17.0. The highest BCUT2D eigenvalue weighted by molar-refractivity contribution is 5.78. The van der Waals surface area contributed by atoms with Crippen LogP contribution in [-0.4, -0.2) is 24.5 Å². The second kappa shape index (κ2) is 8.29. The van der Waals surface area contributed by atoms with Crippen molar-refractivity contribution in [3.05, 3.63) is 29.8 Å². The number of carbonyl (C=O) groups excluding carboxylic acids is 2. The quantitative estimate of drug-likeness (QED) is 0.594. The minimum Gasteiger partial charge on any atom is -0.463 e. The number of hydrogen-bond donors (Lipinski definition) is 2. The van der Waals surface area contributed by atoms with E-state index < -0.39 is 0 Å². The summed E-state index contributed by atoms with van der Waals surface area (Å²) < 4.78 is 5.08. The van der Waals surface area contributed by atoms with Gasteiger partial charge in [-0.25, -0.2) is 0 Å². The van der Waals surface area contributed by atoms with Gasteiger partial charge in [-0.15, -0.1) is 0 Å². The summed E-state index contributed by atoms with van der Waals surface area (Å²) in [7, 11) is 0. The molecule has 0 radical (unpaired) electrons. The van der Waals surface area contributed by atoms with Crippen LogP contribution in [0.1, 0.15) is 32.8 Å². The second-order valence-electron chi connectivity index (χ2n) is 5.39. The number of benzene rings is 1. The summed E-state index contributed by atoms with van der Waals surface area (Å²) in [6.07, 6.45) is 0.792. The highest BCUT2D eigenvalue weighted by Crippen LogP contribution is 2.12. The van der Waals surface area contributed by atoms with Gasteiger partial charge in [-0.05, 0) is 31.9 Å². The Hall–Kier alpha value is -2.04. The Morgan fingerprint density at radius 3 is 2.52 bits per heavy atom. The predicted octanol–water partition coefficient (Wildman–Crippen LogP) is 1.91. The number of para-hydroxylation sites is 1. The maximum absolute atomic E-state index is 11.8. The van der Waals surface area contributed by atoms with E-state index in [4.69, 9.17) is 10.5 Å². The highest BCUT2D eigenvalue weighted by Gasteiger charge is 2.16. The average molecular weight is 292 g/mol. The number of esters is 1. The van der Waals surface area contributed by atoms with E-state index in [0.717, 1.165) is 5.56 Å². The lowest BCUT2D eigenvalue weighted by Crippen LogP contribution is -2.33. The van der Waals surface area contributed by atoms with E-state index in [1.807, 2.05) is 24.3 Å². The van der Waals surface area contributed by atoms with Crippen LogP contribution in [0.5, 0.6) is 0 Å². The Bertz CT molecular complexity index is 486. The first-order valence-corrected chi connectivity index (χ1v) is 7.20. The standard InChI is InChI=1S/C16H24N2O3/c1-11(2)21-16(20)12(3)10-18-15(19)9-8-13-6-4-5-7-14(13)17/h4-7,11-12H,8-10,17H2,1-3H3,(H,18,19). The fraction of sp³-hybridized carbons (Fsp3) is 0.500. The van der Waals surface area contributed by atoms with Gasteiger partial charge in [-0.1, -0.05) is 25.1 Å². The van der Waals surface area contributed by atoms with Crippen LogP contribution in [0, 0.1) is 5.92 Å². The molecule has 0 saturated heterocycles. The molecule has 0 aliphatic heterocycles. The Morgan fingerprint density at radius 2 is 1.90 bits per heavy atom. The molecule has 0 saturated carbocycles. The highest BCUT2D eigenvalue weighted by atomic mass is 16.5. The van der Waals surface area contributed by atoms with Crippen molar-refractivity contribution in [3.63, 3.8) is 0 Å². The molecule has 5 nitrogen and oxygen atoms in total. The van der Waals surface area contributed by atoms with Gasteiger partial charge in [0.15, 0.2) is 0 Å². The summed E-state index contributed by atoms with van der Waals surface area (Å²) in [4.78, 5) is 23.4. The van der Waals surface area contributed by atoms with Gasteiger partial charge >= 0.3 is 5.97 Å². The maximum Gasteiger partial charge on any atom is 0.310 e. The number of nitrogens with one attached hydrogen (secondary N) is 1. The van der Waals surface area contributed by atoms with Gasteiger partial charge in [-0.2, -0.15) is 0 Å². The van der Waals surface area contributed by atoms with Crippen LogP contribution in [0.15, 0.2) is 24.3 Å². The number of hydrogen-bond acceptors (Lipinski definition) is 4. The van der Waals surface area contributed by atoms with Gasteiger partial charge in [0.1, 0.15) is 0 Å². The number of anilines is 1. The summed E-state index contributed by atoms with van der Waals surface area (Å²) in [6.45, 7) is 5.62. The molecule has 1 aromatic carbocycles. The third-order valence-corrected chi connectivity index (χ3v) is 3.04. The number of nitrogen functional groups attached to an aromatic ring is 1. The minimum atomic E-state index is -0.349. The van der Waals surface area contributed by atoms with Crippen LogP contribution < -0.4 is 11.1 Å². The zero-order valence-electron chi connectivity index (χ0n) is 12.9. The van der Waals surface area contributed by atoms with Crippen molar-refractivity contribution < 1.29 is 14.3 Å². The number of carbonyl (C=O) groups is 2. The second-order valence-corrected chi connectivity index (χ2v) is 5.39. The third kappa shape index (κ3) is 6.29. The lowest BCUT2D eigenvalue weighted by Gasteiger charge is -2.14. The average Bonchev–Trinajstić information content (AvgIpc) is 2.43. The van der Waals surface area contributed by atoms with Gasteiger partial charge in [-0.3, -0.25) is 9.59 Å². The largest absolute Gasteiger partial charge is 0.463 e. The molecule has 1 unspecified atom stereocenters. The van der Waals surface area contributed by atoms with Crippen LogP contribution in [0.3, 0.4) is 0 Å². The SMILES string of the molecule is CC(C)OC(=O)C(C)CNC(=O)CCc1ccccc1N. The molecule has 21 heavy (non-hydrogen) atoms. The van der Waals surface area contributed by atoms with Crippen molar-refractivity contribution >= 4 is 17.6 Å². The van der Waals surface area contributed by atoms with Crippen LogP contribution in [0.4, 0.5) is 5.69 Å². The van der Waals surface area contributed by atoms with E-state index in [9.17, 15) is 9.59 Å². The van der Waals surface area contributed by atoms with Crippen molar-refractivity contribution in [3.8, 4) is 0 Å². The minimum absolute atomic E-state index is 0.0950. The van der Waals surface area contributed by atoms with E-state index in [1.54, 1.807) is 20.8 Å². The fourth-order valence-corrected chi connectivity index (χ4v) is 1.80. The Kier molecular flexibility index (Phi) is 6.72. The lowest BCUT2D eigenvalue weighted by molar-refractivity contribution is -0.151. The van der Waals surface area contributed by atoms with Crippen molar-refractivity contribution in [2.45, 2.75) is 39.7 Å². The molecule has 1 amide bonds. The number of amides is 1. The molecule has 0 fully saturated rings. The predicted molar refractivity (Wildman–Crippen MR) is 82.6 cm³/mol. The fourth-order valence-electron chi connectivity index (χ4n) is 1.80. The van der Waals surface area contributed by atoms with Crippen LogP contribution in [0.2, 0.25) is 0 Å². The zero-order chi connectivity index (χ0) is 15.8. The van der Waals surface area contributed by atoms with Gasteiger partial charge in [0, 0.05) is 18.7 Å². The third-order valence-electron chi connectivity index (χ3n) is 3.04. The molecule has 116 valence electrons. The monoisotopic (exact) mass is 292 g/mol. The van der Waals surface area contributed by atoms with E-state index in [1.165, 1.54) is 0 Å². The summed E-state index contributed by atoms with van der Waals surface area (Å²) >= 11 is 0. The molecule has 0 bridgehead atoms. The van der Waals surface area contributed by atoms with Gasteiger partial charge in [0.25, 0.3) is 0 Å². The Balaban J connectivity index is 2.31. The molecule has 3 N–H and O–H groups in total. The summed E-state index contributed by atoms with van der Waals surface area (Å²) in [5.41, 5.74) is 7.47. The first-order chi connectivity index (χ1) is 9.90. The van der Waals surface area contributed by atoms with Gasteiger partial charge in [0.2, 0.25) is 5.91 Å². The van der Waals surface area contributed by atoms with Crippen molar-refractivity contribution in [2.24, 2.45) is 5.92 Å². The molecular formula is C16H24N2O3. The molecule has 1 atom stereocenters. The van der Waals surface area contributed by atoms with Gasteiger partial charge in [0.05, 0.1) is 12.0 Å². The van der Waals surface area contributed by atoms with Crippen molar-refractivity contribution in [2.75, 3.05) is 12.3 Å². The molecule has 0 heterocycles. The smallest absolute Gasteiger partial charge is 0.310 e. The van der Waals surface area contributed by atoms with E-state index in [0.29, 0.717) is 18.5 Å². The summed E-state index contributed by atoms with van der Waals surface area (Å²) in [5.74, 6) is -0.738. The van der Waals surface area contributed by atoms with Gasteiger partial charge < -0.3 is 15.8 Å². The van der Waals surface area contributed by atoms with Crippen LogP contribution >= 0.6 is 0 Å². The number of nitrogens with two attached hydrogens (primary N) is 1. The van der Waals surface area contributed by atoms with E-state index >= 15 is 0 Å². The lowest BCUT2D eigenvalue weighted by atomic mass is 10.1. The zero-order valence-corrected chi connectivity index (χ0v) is 12.9. The van der Waals surface area contributed by atoms with E-state index in [2.05, 4.69) is 5.32 Å². The van der Waals surface area contributed by atoms with Crippen molar-refractivity contribution in [1.82, 2.24) is 5.32 Å². The summed E-state index contributed by atoms with van der Waals surface area (Å²) in [6, 6.07) is 7.48. The molecule has 5 heteroatoms. The summed E-state index contributed by atoms with van der Waals surface area (Å²) in [5, 5.41) is 2.75.